The molecule has 2 fully saturated rings. The number of urea groups is 1. The van der Waals surface area contributed by atoms with Crippen LogP contribution in [0.15, 0.2) is 90.4 Å². The molecule has 40 heavy (non-hydrogen) atoms. The number of thiophene rings is 1. The molecule has 3 amide bonds. The van der Waals surface area contributed by atoms with E-state index in [4.69, 9.17) is 4.98 Å². The van der Waals surface area contributed by atoms with Gasteiger partial charge in [-0.2, -0.15) is 0 Å². The molecule has 2 saturated heterocycles. The van der Waals surface area contributed by atoms with E-state index in [1.165, 1.54) is 16.2 Å². The molecule has 0 N–H and O–H groups in total. The van der Waals surface area contributed by atoms with Crippen LogP contribution in [-0.4, -0.2) is 35.6 Å². The van der Waals surface area contributed by atoms with Gasteiger partial charge in [0.25, 0.3) is 5.91 Å². The molecule has 204 valence electrons. The Kier molecular flexibility index (Phi) is 6.70. The Labute approximate surface area is 239 Å². The summed E-state index contributed by atoms with van der Waals surface area (Å²) in [5.74, 6) is 0.830. The van der Waals surface area contributed by atoms with Crippen molar-refractivity contribution in [1.82, 2.24) is 4.98 Å². The van der Waals surface area contributed by atoms with Gasteiger partial charge in [0.2, 0.25) is 0 Å². The average Bonchev–Trinajstić information content (AvgIpc) is 3.59. The number of hydrogen-bond acceptors (Lipinski definition) is 5. The second kappa shape index (κ2) is 10.2. The number of pyridine rings is 1. The van der Waals surface area contributed by atoms with E-state index in [1.54, 1.807) is 0 Å². The summed E-state index contributed by atoms with van der Waals surface area (Å²) in [5.41, 5.74) is 2.41. The van der Waals surface area contributed by atoms with Crippen molar-refractivity contribution in [2.24, 2.45) is 5.41 Å². The van der Waals surface area contributed by atoms with Crippen LogP contribution in [0, 0.1) is 12.3 Å². The molecule has 1 unspecified atom stereocenters. The highest BCUT2D eigenvalue weighted by Gasteiger charge is 2.69. The SMILES string of the molecule is CCC1(CC)CN(c2ncccc2C)CCC12C(=O)N(c1ccc(-c3ccccc3)cc1)C(=O)N2c1cccs1. The summed E-state index contributed by atoms with van der Waals surface area (Å²) < 4.78 is 0. The highest BCUT2D eigenvalue weighted by molar-refractivity contribution is 7.14. The van der Waals surface area contributed by atoms with Crippen LogP contribution in [0.25, 0.3) is 11.1 Å². The third-order valence-electron chi connectivity index (χ3n) is 9.03. The maximum Gasteiger partial charge on any atom is 0.337 e. The zero-order valence-electron chi connectivity index (χ0n) is 23.2. The smallest absolute Gasteiger partial charge is 0.337 e. The molecule has 1 spiro atoms. The van der Waals surface area contributed by atoms with Crippen molar-refractivity contribution >= 4 is 39.8 Å². The lowest BCUT2D eigenvalue weighted by Crippen LogP contribution is -2.69. The normalized spacial score (nSPS) is 20.5. The van der Waals surface area contributed by atoms with Crippen LogP contribution in [0.2, 0.25) is 0 Å². The Morgan fingerprint density at radius 3 is 2.25 bits per heavy atom. The number of carbonyl (C=O) groups is 2. The van der Waals surface area contributed by atoms with Gasteiger partial charge in [-0.15, -0.1) is 11.3 Å². The van der Waals surface area contributed by atoms with Gasteiger partial charge in [0.15, 0.2) is 0 Å². The molecule has 7 heteroatoms. The molecule has 2 aliphatic heterocycles. The first-order valence-electron chi connectivity index (χ1n) is 14.0. The zero-order chi connectivity index (χ0) is 27.9. The van der Waals surface area contributed by atoms with E-state index < -0.39 is 11.0 Å². The van der Waals surface area contributed by atoms with E-state index in [9.17, 15) is 9.59 Å². The van der Waals surface area contributed by atoms with E-state index in [1.807, 2.05) is 77.1 Å². The molecule has 0 bridgehead atoms. The van der Waals surface area contributed by atoms with Gasteiger partial charge in [-0.05, 0) is 78.6 Å². The van der Waals surface area contributed by atoms with E-state index in [0.29, 0.717) is 25.2 Å². The molecule has 0 aliphatic carbocycles. The number of rotatable bonds is 6. The Balaban J connectivity index is 1.45. The predicted molar refractivity (Wildman–Crippen MR) is 163 cm³/mol. The number of hydrogen-bond donors (Lipinski definition) is 0. The molecule has 6 nitrogen and oxygen atoms in total. The molecule has 2 aliphatic rings. The third-order valence-corrected chi connectivity index (χ3v) is 9.88. The van der Waals surface area contributed by atoms with Crippen LogP contribution >= 0.6 is 11.3 Å². The van der Waals surface area contributed by atoms with Crippen LogP contribution < -0.4 is 14.7 Å². The second-order valence-electron chi connectivity index (χ2n) is 10.8. The Morgan fingerprint density at radius 1 is 0.875 bits per heavy atom. The fraction of sp³-hybridized carbons (Fsp3) is 0.303. The van der Waals surface area contributed by atoms with Gasteiger partial charge in [-0.3, -0.25) is 9.69 Å². The predicted octanol–water partition coefficient (Wildman–Crippen LogP) is 7.55. The van der Waals surface area contributed by atoms with Crippen molar-refractivity contribution in [3.63, 3.8) is 0 Å². The standard InChI is InChI=1S/C33H34N4O2S/c1-4-32(5-2)23-35(29-24(3)11-9-20-34-29)21-19-33(32)30(38)36(31(39)37(33)28-14-10-22-40-28)27-17-15-26(16-18-27)25-12-7-6-8-13-25/h6-18,20,22H,4-5,19,21,23H2,1-3H3. The number of aryl methyl sites for hydroxylation is 1. The summed E-state index contributed by atoms with van der Waals surface area (Å²) >= 11 is 1.51. The van der Waals surface area contributed by atoms with Crippen LogP contribution in [0.1, 0.15) is 38.7 Å². The van der Waals surface area contributed by atoms with E-state index >= 15 is 0 Å². The van der Waals surface area contributed by atoms with Gasteiger partial charge in [0.05, 0.1) is 5.69 Å². The molecular weight excluding hydrogens is 516 g/mol. The number of anilines is 3. The fourth-order valence-electron chi connectivity index (χ4n) is 6.84. The lowest BCUT2D eigenvalue weighted by atomic mass is 9.61. The van der Waals surface area contributed by atoms with Gasteiger partial charge in [-0.25, -0.2) is 14.7 Å². The summed E-state index contributed by atoms with van der Waals surface area (Å²) in [4.78, 5) is 39.5. The van der Waals surface area contributed by atoms with E-state index in [2.05, 4.69) is 43.9 Å². The van der Waals surface area contributed by atoms with Crippen LogP contribution in [0.5, 0.6) is 0 Å². The van der Waals surface area contributed by atoms with Gasteiger partial charge < -0.3 is 4.90 Å². The van der Waals surface area contributed by atoms with Crippen LogP contribution in [-0.2, 0) is 4.79 Å². The van der Waals surface area contributed by atoms with Gasteiger partial charge >= 0.3 is 6.03 Å². The van der Waals surface area contributed by atoms with Crippen molar-refractivity contribution in [2.75, 3.05) is 27.8 Å². The summed E-state index contributed by atoms with van der Waals surface area (Å²) in [6.07, 6.45) is 3.88. The second-order valence-corrected chi connectivity index (χ2v) is 11.7. The van der Waals surface area contributed by atoms with Crippen molar-refractivity contribution in [1.29, 1.82) is 0 Å². The maximum absolute atomic E-state index is 14.8. The minimum atomic E-state index is -0.990. The van der Waals surface area contributed by atoms with Crippen molar-refractivity contribution in [3.8, 4) is 11.1 Å². The van der Waals surface area contributed by atoms with Gasteiger partial charge in [-0.1, -0.05) is 62.4 Å². The number of imide groups is 1. The van der Waals surface area contributed by atoms with Crippen LogP contribution in [0.3, 0.4) is 0 Å². The summed E-state index contributed by atoms with van der Waals surface area (Å²) in [5, 5.41) is 2.79. The molecule has 1 atom stereocenters. The topological polar surface area (TPSA) is 56.8 Å². The lowest BCUT2D eigenvalue weighted by Gasteiger charge is -2.55. The highest BCUT2D eigenvalue weighted by Crippen LogP contribution is 2.55. The molecule has 6 rings (SSSR count). The molecule has 2 aromatic heterocycles. The van der Waals surface area contributed by atoms with E-state index in [0.717, 1.165) is 40.4 Å². The Morgan fingerprint density at radius 2 is 1.60 bits per heavy atom. The number of piperidine rings is 1. The maximum atomic E-state index is 14.8. The quantitative estimate of drug-likeness (QED) is 0.233. The molecule has 4 heterocycles. The number of aromatic nitrogens is 1. The molecule has 4 aromatic rings. The number of carbonyl (C=O) groups excluding carboxylic acids is 2. The molecular formula is C33H34N4O2S. The number of amides is 3. The molecule has 2 aromatic carbocycles. The first kappa shape index (κ1) is 26.3. The first-order valence-corrected chi connectivity index (χ1v) is 14.9. The minimum absolute atomic E-state index is 0.126. The number of benzene rings is 2. The lowest BCUT2D eigenvalue weighted by molar-refractivity contribution is -0.127. The Bertz CT molecular complexity index is 1520. The molecule has 0 radical (unpaired) electrons. The summed E-state index contributed by atoms with van der Waals surface area (Å²) in [7, 11) is 0. The third kappa shape index (κ3) is 3.86. The first-order chi connectivity index (χ1) is 19.5. The average molecular weight is 551 g/mol. The minimum Gasteiger partial charge on any atom is -0.356 e. The van der Waals surface area contributed by atoms with Crippen molar-refractivity contribution in [3.05, 3.63) is 96.0 Å². The highest BCUT2D eigenvalue weighted by atomic mass is 32.1. The summed E-state index contributed by atoms with van der Waals surface area (Å²) in [6, 6.07) is 25.6. The summed E-state index contributed by atoms with van der Waals surface area (Å²) in [6.45, 7) is 7.68. The van der Waals surface area contributed by atoms with E-state index in [-0.39, 0.29) is 11.9 Å². The van der Waals surface area contributed by atoms with Crippen LogP contribution in [0.4, 0.5) is 21.3 Å². The van der Waals surface area contributed by atoms with Crippen molar-refractivity contribution in [2.45, 2.75) is 45.6 Å². The monoisotopic (exact) mass is 550 g/mol. The Hall–Kier alpha value is -3.97. The van der Waals surface area contributed by atoms with Gasteiger partial charge in [0, 0.05) is 24.7 Å². The largest absolute Gasteiger partial charge is 0.356 e. The molecule has 0 saturated carbocycles. The fourth-order valence-corrected chi connectivity index (χ4v) is 7.63. The van der Waals surface area contributed by atoms with Gasteiger partial charge in [0.1, 0.15) is 16.4 Å². The van der Waals surface area contributed by atoms with Crippen molar-refractivity contribution < 1.29 is 9.59 Å². The zero-order valence-corrected chi connectivity index (χ0v) is 24.0. The number of nitrogens with zero attached hydrogens (tertiary/aromatic N) is 4.